The smallest absolute Gasteiger partial charge is 0.251 e. The number of benzene rings is 1. The lowest BCUT2D eigenvalue weighted by molar-refractivity contribution is 0.00444. The molecule has 4 heteroatoms. The SMILES string of the molecule is CC(C)C(C(O)c1ccccc1)N(C)CC(F)F. The lowest BCUT2D eigenvalue weighted by atomic mass is 9.92. The molecule has 1 N–H and O–H groups in total. The zero-order valence-corrected chi connectivity index (χ0v) is 11.1. The summed E-state index contributed by atoms with van der Waals surface area (Å²) in [6.07, 6.45) is -3.14. The second kappa shape index (κ2) is 6.81. The van der Waals surface area contributed by atoms with Crippen molar-refractivity contribution in [2.75, 3.05) is 13.6 Å². The van der Waals surface area contributed by atoms with E-state index in [1.165, 1.54) is 4.90 Å². The molecule has 0 spiro atoms. The molecule has 2 atom stereocenters. The van der Waals surface area contributed by atoms with E-state index in [9.17, 15) is 13.9 Å². The van der Waals surface area contributed by atoms with Gasteiger partial charge in [0.25, 0.3) is 6.43 Å². The largest absolute Gasteiger partial charge is 0.387 e. The van der Waals surface area contributed by atoms with Crippen molar-refractivity contribution in [1.29, 1.82) is 0 Å². The van der Waals surface area contributed by atoms with Crippen LogP contribution in [0, 0.1) is 5.92 Å². The van der Waals surface area contributed by atoms with Crippen molar-refractivity contribution < 1.29 is 13.9 Å². The third kappa shape index (κ3) is 4.03. The first-order valence-corrected chi connectivity index (χ1v) is 6.15. The second-order valence-electron chi connectivity index (χ2n) is 4.92. The predicted molar refractivity (Wildman–Crippen MR) is 68.7 cm³/mol. The molecule has 0 heterocycles. The molecule has 0 amide bonds. The van der Waals surface area contributed by atoms with Gasteiger partial charge in [-0.3, -0.25) is 4.90 Å². The van der Waals surface area contributed by atoms with Crippen LogP contribution < -0.4 is 0 Å². The number of halogens is 2. The van der Waals surface area contributed by atoms with Gasteiger partial charge < -0.3 is 5.11 Å². The van der Waals surface area contributed by atoms with Crippen LogP contribution in [0.2, 0.25) is 0 Å². The minimum Gasteiger partial charge on any atom is -0.387 e. The van der Waals surface area contributed by atoms with E-state index in [0.29, 0.717) is 0 Å². The Labute approximate surface area is 107 Å². The summed E-state index contributed by atoms with van der Waals surface area (Å²) in [6, 6.07) is 8.85. The van der Waals surface area contributed by atoms with Crippen molar-refractivity contribution in [2.24, 2.45) is 5.92 Å². The molecule has 102 valence electrons. The molecular weight excluding hydrogens is 236 g/mol. The van der Waals surface area contributed by atoms with Crippen molar-refractivity contribution in [2.45, 2.75) is 32.4 Å². The zero-order valence-electron chi connectivity index (χ0n) is 11.1. The Hall–Kier alpha value is -1.00. The van der Waals surface area contributed by atoms with Gasteiger partial charge in [-0.15, -0.1) is 0 Å². The molecule has 0 aliphatic rings. The van der Waals surface area contributed by atoms with Crippen LogP contribution in [-0.2, 0) is 0 Å². The van der Waals surface area contributed by atoms with Crippen molar-refractivity contribution >= 4 is 0 Å². The van der Waals surface area contributed by atoms with Crippen LogP contribution in [0.1, 0.15) is 25.5 Å². The van der Waals surface area contributed by atoms with Gasteiger partial charge in [-0.05, 0) is 18.5 Å². The third-order valence-electron chi connectivity index (χ3n) is 3.08. The van der Waals surface area contributed by atoms with Gasteiger partial charge in [-0.1, -0.05) is 44.2 Å². The van der Waals surface area contributed by atoms with E-state index in [2.05, 4.69) is 0 Å². The van der Waals surface area contributed by atoms with Crippen molar-refractivity contribution in [1.82, 2.24) is 4.90 Å². The van der Waals surface area contributed by atoms with Crippen LogP contribution in [0.3, 0.4) is 0 Å². The van der Waals surface area contributed by atoms with E-state index < -0.39 is 12.5 Å². The summed E-state index contributed by atoms with van der Waals surface area (Å²) in [5.74, 6) is 0.0870. The summed E-state index contributed by atoms with van der Waals surface area (Å²) in [4.78, 5) is 1.53. The quantitative estimate of drug-likeness (QED) is 0.847. The van der Waals surface area contributed by atoms with Gasteiger partial charge in [0.2, 0.25) is 0 Å². The molecule has 0 bridgehead atoms. The molecule has 0 radical (unpaired) electrons. The van der Waals surface area contributed by atoms with E-state index >= 15 is 0 Å². The van der Waals surface area contributed by atoms with Crippen LogP contribution in [0.5, 0.6) is 0 Å². The maximum atomic E-state index is 12.5. The Bertz CT molecular complexity index is 343. The Morgan fingerprint density at radius 1 is 1.17 bits per heavy atom. The van der Waals surface area contributed by atoms with Gasteiger partial charge in [-0.2, -0.15) is 0 Å². The monoisotopic (exact) mass is 257 g/mol. The molecule has 1 aromatic rings. The third-order valence-corrected chi connectivity index (χ3v) is 3.08. The first-order chi connectivity index (χ1) is 8.43. The maximum absolute atomic E-state index is 12.5. The first kappa shape index (κ1) is 15.1. The summed E-state index contributed by atoms with van der Waals surface area (Å²) in [6.45, 7) is 3.53. The highest BCUT2D eigenvalue weighted by atomic mass is 19.3. The predicted octanol–water partition coefficient (Wildman–Crippen LogP) is 2.94. The molecule has 2 unspecified atom stereocenters. The Morgan fingerprint density at radius 2 is 1.72 bits per heavy atom. The lowest BCUT2D eigenvalue weighted by Gasteiger charge is -2.35. The molecular formula is C14H21F2NO. The topological polar surface area (TPSA) is 23.5 Å². The standard InChI is InChI=1S/C14H21F2NO/c1-10(2)13(17(3)9-12(15)16)14(18)11-7-5-4-6-8-11/h4-8,10,12-14,18H,9H2,1-3H3. The van der Waals surface area contributed by atoms with Gasteiger partial charge in [0.15, 0.2) is 0 Å². The number of hydrogen-bond acceptors (Lipinski definition) is 2. The molecule has 0 aliphatic carbocycles. The summed E-state index contributed by atoms with van der Waals surface area (Å²) in [5.41, 5.74) is 0.761. The van der Waals surface area contributed by atoms with E-state index in [4.69, 9.17) is 0 Å². The number of aliphatic hydroxyl groups is 1. The van der Waals surface area contributed by atoms with Gasteiger partial charge >= 0.3 is 0 Å². The minimum absolute atomic E-state index is 0.0870. The maximum Gasteiger partial charge on any atom is 0.251 e. The Morgan fingerprint density at radius 3 is 2.17 bits per heavy atom. The van der Waals surface area contributed by atoms with E-state index in [0.717, 1.165) is 5.56 Å². The van der Waals surface area contributed by atoms with Gasteiger partial charge in [-0.25, -0.2) is 8.78 Å². The van der Waals surface area contributed by atoms with Crippen molar-refractivity contribution in [3.8, 4) is 0 Å². The fourth-order valence-electron chi connectivity index (χ4n) is 2.30. The Balaban J connectivity index is 2.85. The average molecular weight is 257 g/mol. The summed E-state index contributed by atoms with van der Waals surface area (Å²) in [7, 11) is 1.63. The number of nitrogens with zero attached hydrogens (tertiary/aromatic N) is 1. The summed E-state index contributed by atoms with van der Waals surface area (Å²) >= 11 is 0. The molecule has 1 rings (SSSR count). The number of rotatable bonds is 6. The van der Waals surface area contributed by atoms with Crippen LogP contribution in [0.25, 0.3) is 0 Å². The van der Waals surface area contributed by atoms with Crippen LogP contribution in [0.15, 0.2) is 30.3 Å². The average Bonchev–Trinajstić information content (AvgIpc) is 2.28. The lowest BCUT2D eigenvalue weighted by Crippen LogP contribution is -2.43. The van der Waals surface area contributed by atoms with Gasteiger partial charge in [0.1, 0.15) is 0 Å². The summed E-state index contributed by atoms with van der Waals surface area (Å²) < 4.78 is 24.9. The highest BCUT2D eigenvalue weighted by Gasteiger charge is 2.29. The second-order valence-corrected chi connectivity index (χ2v) is 4.92. The molecule has 0 saturated carbocycles. The normalized spacial score (nSPS) is 15.4. The number of aliphatic hydroxyl groups excluding tert-OH is 1. The van der Waals surface area contributed by atoms with Gasteiger partial charge in [0, 0.05) is 6.04 Å². The fourth-order valence-corrected chi connectivity index (χ4v) is 2.30. The van der Waals surface area contributed by atoms with Crippen molar-refractivity contribution in [3.63, 3.8) is 0 Å². The van der Waals surface area contributed by atoms with Crippen LogP contribution >= 0.6 is 0 Å². The van der Waals surface area contributed by atoms with E-state index in [1.807, 2.05) is 44.2 Å². The van der Waals surface area contributed by atoms with E-state index in [1.54, 1.807) is 7.05 Å². The number of likely N-dealkylation sites (N-methyl/N-ethyl adjacent to an activating group) is 1. The molecule has 0 fully saturated rings. The number of hydrogen-bond donors (Lipinski definition) is 1. The molecule has 18 heavy (non-hydrogen) atoms. The highest BCUT2D eigenvalue weighted by molar-refractivity contribution is 5.19. The number of alkyl halides is 2. The van der Waals surface area contributed by atoms with Gasteiger partial charge in [0.05, 0.1) is 12.6 Å². The molecule has 0 aliphatic heterocycles. The minimum atomic E-state index is -2.39. The summed E-state index contributed by atoms with van der Waals surface area (Å²) in [5, 5.41) is 10.3. The molecule has 0 saturated heterocycles. The molecule has 2 nitrogen and oxygen atoms in total. The molecule has 0 aromatic heterocycles. The molecule has 1 aromatic carbocycles. The van der Waals surface area contributed by atoms with Crippen LogP contribution in [0.4, 0.5) is 8.78 Å². The zero-order chi connectivity index (χ0) is 13.7. The van der Waals surface area contributed by atoms with Crippen molar-refractivity contribution in [3.05, 3.63) is 35.9 Å². The van der Waals surface area contributed by atoms with Crippen LogP contribution in [-0.4, -0.2) is 36.1 Å². The first-order valence-electron chi connectivity index (χ1n) is 6.15. The Kier molecular flexibility index (Phi) is 5.69. The van der Waals surface area contributed by atoms with E-state index in [-0.39, 0.29) is 18.5 Å². The fraction of sp³-hybridized carbons (Fsp3) is 0.571. The highest BCUT2D eigenvalue weighted by Crippen LogP contribution is 2.26.